The van der Waals surface area contributed by atoms with Crippen LogP contribution >= 0.6 is 0 Å². The molecule has 5 nitrogen and oxygen atoms in total. The fraction of sp³-hybridized carbons (Fsp3) is 0.467. The molecule has 0 saturated carbocycles. The lowest BCUT2D eigenvalue weighted by Crippen LogP contribution is -2.49. The molecule has 1 aromatic carbocycles. The van der Waals surface area contributed by atoms with Gasteiger partial charge in [0.25, 0.3) is 0 Å². The number of benzene rings is 1. The molecule has 0 aliphatic carbocycles. The molecule has 1 unspecified atom stereocenters. The van der Waals surface area contributed by atoms with E-state index in [0.29, 0.717) is 12.0 Å². The van der Waals surface area contributed by atoms with E-state index >= 15 is 0 Å². The summed E-state index contributed by atoms with van der Waals surface area (Å²) in [5.74, 6) is -1.65. The van der Waals surface area contributed by atoms with E-state index in [1.807, 2.05) is 6.92 Å². The maximum Gasteiger partial charge on any atom is 0.326 e. The highest BCUT2D eigenvalue weighted by molar-refractivity contribution is 5.82. The first kappa shape index (κ1) is 16.9. The predicted molar refractivity (Wildman–Crippen MR) is 77.3 cm³/mol. The number of amides is 2. The van der Waals surface area contributed by atoms with Crippen molar-refractivity contribution in [2.45, 2.75) is 32.9 Å². The Morgan fingerprint density at radius 3 is 2.52 bits per heavy atom. The number of carbonyl (C=O) groups excluding carboxylic acids is 1. The number of carbonyl (C=O) groups is 2. The Morgan fingerprint density at radius 2 is 2.00 bits per heavy atom. The molecule has 0 aliphatic heterocycles. The standard InChI is InChI=1S/C15H21FN2O3/c1-4-10(2)13(14(19)20)17-15(21)18(3)9-11-7-5-6-8-12(11)16/h5-8,10,13H,4,9H2,1-3H3,(H,17,21)(H,19,20)/t10?,13-/m0/s1. The number of aliphatic carboxylic acids is 1. The Morgan fingerprint density at radius 1 is 1.38 bits per heavy atom. The second-order valence-corrected chi connectivity index (χ2v) is 5.10. The monoisotopic (exact) mass is 296 g/mol. The Kier molecular flexibility index (Phi) is 6.14. The van der Waals surface area contributed by atoms with Crippen molar-refractivity contribution < 1.29 is 19.1 Å². The van der Waals surface area contributed by atoms with Gasteiger partial charge in [-0.1, -0.05) is 38.5 Å². The van der Waals surface area contributed by atoms with Crippen molar-refractivity contribution in [2.75, 3.05) is 7.05 Å². The van der Waals surface area contributed by atoms with Gasteiger partial charge >= 0.3 is 12.0 Å². The summed E-state index contributed by atoms with van der Waals surface area (Å²) in [6.45, 7) is 3.69. The van der Waals surface area contributed by atoms with Gasteiger partial charge in [-0.25, -0.2) is 14.0 Å². The minimum atomic E-state index is -1.07. The quantitative estimate of drug-likeness (QED) is 0.847. The van der Waals surface area contributed by atoms with Gasteiger partial charge in [0.2, 0.25) is 0 Å². The smallest absolute Gasteiger partial charge is 0.326 e. The molecule has 0 bridgehead atoms. The van der Waals surface area contributed by atoms with Crippen molar-refractivity contribution in [3.63, 3.8) is 0 Å². The predicted octanol–water partition coefficient (Wildman–Crippen LogP) is 2.47. The van der Waals surface area contributed by atoms with E-state index in [0.717, 1.165) is 0 Å². The van der Waals surface area contributed by atoms with Crippen LogP contribution in [0.15, 0.2) is 24.3 Å². The summed E-state index contributed by atoms with van der Waals surface area (Å²) in [7, 11) is 1.50. The third-order valence-corrected chi connectivity index (χ3v) is 3.47. The van der Waals surface area contributed by atoms with Crippen molar-refractivity contribution in [3.8, 4) is 0 Å². The van der Waals surface area contributed by atoms with Crippen LogP contribution in [-0.4, -0.2) is 35.1 Å². The molecule has 0 spiro atoms. The Hall–Kier alpha value is -2.11. The van der Waals surface area contributed by atoms with Crippen molar-refractivity contribution in [1.29, 1.82) is 0 Å². The fourth-order valence-corrected chi connectivity index (χ4v) is 1.88. The fourth-order valence-electron chi connectivity index (χ4n) is 1.88. The molecule has 0 aliphatic rings. The minimum Gasteiger partial charge on any atom is -0.480 e. The number of halogens is 1. The van der Waals surface area contributed by atoms with Gasteiger partial charge in [-0.15, -0.1) is 0 Å². The summed E-state index contributed by atoms with van der Waals surface area (Å²) in [5, 5.41) is 11.6. The van der Waals surface area contributed by atoms with Crippen molar-refractivity contribution in [1.82, 2.24) is 10.2 Å². The van der Waals surface area contributed by atoms with Crippen LogP contribution in [0.3, 0.4) is 0 Å². The van der Waals surface area contributed by atoms with Gasteiger partial charge in [0, 0.05) is 19.2 Å². The van der Waals surface area contributed by atoms with Crippen molar-refractivity contribution in [3.05, 3.63) is 35.6 Å². The first-order valence-electron chi connectivity index (χ1n) is 6.84. The number of urea groups is 1. The summed E-state index contributed by atoms with van der Waals surface area (Å²) in [6, 6.07) is 4.67. The largest absolute Gasteiger partial charge is 0.480 e. The number of hydrogen-bond acceptors (Lipinski definition) is 2. The third-order valence-electron chi connectivity index (χ3n) is 3.47. The molecule has 1 rings (SSSR count). The van der Waals surface area contributed by atoms with Crippen LogP contribution in [0.25, 0.3) is 0 Å². The van der Waals surface area contributed by atoms with Gasteiger partial charge in [0.15, 0.2) is 0 Å². The zero-order valence-corrected chi connectivity index (χ0v) is 12.5. The molecule has 6 heteroatoms. The second-order valence-electron chi connectivity index (χ2n) is 5.10. The summed E-state index contributed by atoms with van der Waals surface area (Å²) in [5.41, 5.74) is 0.380. The number of nitrogens with one attached hydrogen (secondary N) is 1. The normalized spacial score (nSPS) is 13.3. The zero-order valence-electron chi connectivity index (χ0n) is 12.5. The average molecular weight is 296 g/mol. The summed E-state index contributed by atoms with van der Waals surface area (Å²) in [6.07, 6.45) is 0.633. The van der Waals surface area contributed by atoms with Crippen LogP contribution in [0, 0.1) is 11.7 Å². The van der Waals surface area contributed by atoms with E-state index in [9.17, 15) is 14.0 Å². The average Bonchev–Trinajstić information content (AvgIpc) is 2.45. The van der Waals surface area contributed by atoms with Gasteiger partial charge in [0.05, 0.1) is 0 Å². The van der Waals surface area contributed by atoms with Gasteiger partial charge in [0.1, 0.15) is 11.9 Å². The lowest BCUT2D eigenvalue weighted by Gasteiger charge is -2.24. The molecule has 116 valence electrons. The van der Waals surface area contributed by atoms with Gasteiger partial charge < -0.3 is 15.3 Å². The van der Waals surface area contributed by atoms with Crippen LogP contribution in [0.2, 0.25) is 0 Å². The highest BCUT2D eigenvalue weighted by Crippen LogP contribution is 2.11. The molecule has 0 radical (unpaired) electrons. The number of carboxylic acids is 1. The molecule has 0 saturated heterocycles. The Balaban J connectivity index is 2.70. The van der Waals surface area contributed by atoms with E-state index in [4.69, 9.17) is 5.11 Å². The molecule has 2 atom stereocenters. The van der Waals surface area contributed by atoms with Gasteiger partial charge in [-0.05, 0) is 12.0 Å². The molecule has 0 aromatic heterocycles. The van der Waals surface area contributed by atoms with Crippen LogP contribution < -0.4 is 5.32 Å². The molecule has 21 heavy (non-hydrogen) atoms. The maximum absolute atomic E-state index is 13.5. The van der Waals surface area contributed by atoms with Crippen molar-refractivity contribution in [2.24, 2.45) is 5.92 Å². The van der Waals surface area contributed by atoms with Crippen LogP contribution in [0.1, 0.15) is 25.8 Å². The first-order chi connectivity index (χ1) is 9.86. The molecule has 0 fully saturated rings. The van der Waals surface area contributed by atoms with Gasteiger partial charge in [-0.2, -0.15) is 0 Å². The zero-order chi connectivity index (χ0) is 16.0. The van der Waals surface area contributed by atoms with Crippen LogP contribution in [0.4, 0.5) is 9.18 Å². The molecular formula is C15H21FN2O3. The number of carboxylic acid groups (broad SMARTS) is 1. The lowest BCUT2D eigenvalue weighted by molar-refractivity contribution is -0.140. The van der Waals surface area contributed by atoms with Crippen LogP contribution in [0.5, 0.6) is 0 Å². The minimum absolute atomic E-state index is 0.0748. The topological polar surface area (TPSA) is 69.6 Å². The summed E-state index contributed by atoms with van der Waals surface area (Å²) < 4.78 is 13.5. The van der Waals surface area contributed by atoms with Crippen molar-refractivity contribution >= 4 is 12.0 Å². The second kappa shape index (κ2) is 7.61. The van der Waals surface area contributed by atoms with E-state index in [-0.39, 0.29) is 12.5 Å². The van der Waals surface area contributed by atoms with Crippen LogP contribution in [-0.2, 0) is 11.3 Å². The molecule has 0 heterocycles. The third kappa shape index (κ3) is 4.73. The SMILES string of the molecule is CCC(C)[C@H](NC(=O)N(C)Cc1ccccc1F)C(=O)O. The van der Waals surface area contributed by atoms with E-state index < -0.39 is 23.9 Å². The summed E-state index contributed by atoms with van der Waals surface area (Å²) in [4.78, 5) is 24.5. The van der Waals surface area contributed by atoms with E-state index in [1.54, 1.807) is 25.1 Å². The van der Waals surface area contributed by atoms with E-state index in [2.05, 4.69) is 5.32 Å². The first-order valence-corrected chi connectivity index (χ1v) is 6.84. The highest BCUT2D eigenvalue weighted by atomic mass is 19.1. The van der Waals surface area contributed by atoms with Gasteiger partial charge in [-0.3, -0.25) is 0 Å². The lowest BCUT2D eigenvalue weighted by atomic mass is 9.99. The Labute approximate surface area is 123 Å². The molecular weight excluding hydrogens is 275 g/mol. The number of hydrogen-bond donors (Lipinski definition) is 2. The van der Waals surface area contributed by atoms with E-state index in [1.165, 1.54) is 18.0 Å². The number of rotatable bonds is 6. The Bertz CT molecular complexity index is 507. The summed E-state index contributed by atoms with van der Waals surface area (Å²) >= 11 is 0. The molecule has 1 aromatic rings. The molecule has 2 N–H and O–H groups in total. The molecule has 2 amide bonds. The maximum atomic E-state index is 13.5. The number of nitrogens with zero attached hydrogens (tertiary/aromatic N) is 1. The highest BCUT2D eigenvalue weighted by Gasteiger charge is 2.26.